The van der Waals surface area contributed by atoms with Crippen molar-refractivity contribution in [3.8, 4) is 0 Å². The predicted octanol–water partition coefficient (Wildman–Crippen LogP) is 6.30. The molecule has 298 valence electrons. The van der Waals surface area contributed by atoms with Crippen LogP contribution in [0, 0.1) is 6.92 Å². The van der Waals surface area contributed by atoms with Gasteiger partial charge in [0.05, 0.1) is 10.1 Å². The number of para-hydroxylation sites is 2. The Morgan fingerprint density at radius 3 is 1.60 bits per heavy atom. The second kappa shape index (κ2) is 17.9. The van der Waals surface area contributed by atoms with Gasteiger partial charge < -0.3 is 14.4 Å². The van der Waals surface area contributed by atoms with Gasteiger partial charge in [-0.1, -0.05) is 114 Å². The molecule has 8 nitrogen and oxygen atoms in total. The van der Waals surface area contributed by atoms with Crippen LogP contribution in [-0.2, 0) is 31.0 Å². The Labute approximate surface area is 363 Å². The number of nitrogens with zero attached hydrogens (tertiary/aromatic N) is 3. The van der Waals surface area contributed by atoms with Crippen LogP contribution in [0.15, 0.2) is 125 Å². The standard InChI is InChI=1S/C46H57N3O5S2.Na/c1-8-9-14-31-48-40-19-12-10-17-38(40)45(3,4)42(48)29-25-35-23-24-36(44(35)47(7)56(53,54)37-27-21-34(2)22-28-37)26-30-43-46(5,6)39-18-11-13-20-41(39)49(43)32-15-16-33-55(50,51)52;/h10-13,17-22,25-30H,8-9,14-16,23-24,31-33H2,1-7H3;/q;+1. The number of aryl methyl sites for hydroxylation is 1. The second-order valence-electron chi connectivity index (χ2n) is 16.4. The van der Waals surface area contributed by atoms with E-state index >= 15 is 0 Å². The van der Waals surface area contributed by atoms with Gasteiger partial charge in [-0.15, -0.1) is 3.98 Å². The zero-order valence-electron chi connectivity index (χ0n) is 35.0. The maximum atomic E-state index is 14.4. The van der Waals surface area contributed by atoms with E-state index in [0.717, 1.165) is 59.5 Å². The Morgan fingerprint density at radius 1 is 0.684 bits per heavy atom. The molecular weight excluding hydrogens is 762 g/mol. The Morgan fingerprint density at radius 2 is 1.14 bits per heavy atom. The minimum Gasteiger partial charge on any atom is -0.748 e. The maximum absolute atomic E-state index is 14.4. The molecule has 6 rings (SSSR count). The third kappa shape index (κ3) is 9.32. The number of allylic oxidation sites excluding steroid dienone is 8. The molecule has 2 heterocycles. The molecule has 0 aromatic heterocycles. The molecule has 0 atom stereocenters. The molecule has 0 radical (unpaired) electrons. The Balaban J connectivity index is 0.00000620. The van der Waals surface area contributed by atoms with Crippen LogP contribution in [0.3, 0.4) is 0 Å². The number of hydrogen-bond acceptors (Lipinski definition) is 7. The fraction of sp³-hybridized carbons (Fsp3) is 0.413. The van der Waals surface area contributed by atoms with Crippen molar-refractivity contribution in [1.29, 1.82) is 0 Å². The van der Waals surface area contributed by atoms with Crippen molar-refractivity contribution < 1.29 is 54.9 Å². The van der Waals surface area contributed by atoms with Gasteiger partial charge in [-0.3, -0.25) is 0 Å². The molecular formula is C46H57N3NaO5S2+. The Kier molecular flexibility index (Phi) is 14.1. The first-order valence-corrected chi connectivity index (χ1v) is 22.9. The van der Waals surface area contributed by atoms with Gasteiger partial charge in [0, 0.05) is 63.6 Å². The van der Waals surface area contributed by atoms with Crippen LogP contribution in [0.4, 0.5) is 11.4 Å². The quantitative estimate of drug-likeness (QED) is 0.0865. The summed E-state index contributed by atoms with van der Waals surface area (Å²) in [6, 6.07) is 23.9. The van der Waals surface area contributed by atoms with Crippen molar-refractivity contribution >= 4 is 37.2 Å². The van der Waals surface area contributed by atoms with Gasteiger partial charge in [-0.05, 0) is 86.6 Å². The fourth-order valence-corrected chi connectivity index (χ4v) is 10.5. The van der Waals surface area contributed by atoms with E-state index in [1.54, 1.807) is 19.2 Å². The molecule has 3 aliphatic rings. The van der Waals surface area contributed by atoms with E-state index < -0.39 is 20.1 Å². The average Bonchev–Trinajstić information content (AvgIpc) is 3.72. The molecule has 11 heteroatoms. The molecule has 1 saturated carbocycles. The zero-order chi connectivity index (χ0) is 40.5. The van der Waals surface area contributed by atoms with Gasteiger partial charge in [-0.2, -0.15) is 8.42 Å². The monoisotopic (exact) mass is 818 g/mol. The Bertz CT molecular complexity index is 2360. The van der Waals surface area contributed by atoms with Gasteiger partial charge in [0.1, 0.15) is 4.90 Å². The predicted molar refractivity (Wildman–Crippen MR) is 228 cm³/mol. The van der Waals surface area contributed by atoms with E-state index in [2.05, 4.69) is 105 Å². The van der Waals surface area contributed by atoms with Crippen molar-refractivity contribution in [2.75, 3.05) is 35.7 Å². The van der Waals surface area contributed by atoms with Crippen molar-refractivity contribution in [3.05, 3.63) is 136 Å². The van der Waals surface area contributed by atoms with Crippen LogP contribution >= 0.6 is 0 Å². The van der Waals surface area contributed by atoms with E-state index in [-0.39, 0.29) is 57.5 Å². The number of benzene rings is 3. The summed E-state index contributed by atoms with van der Waals surface area (Å²) in [6.45, 7) is 14.5. The molecule has 1 fully saturated rings. The molecule has 57 heavy (non-hydrogen) atoms. The van der Waals surface area contributed by atoms with Gasteiger partial charge >= 0.3 is 39.6 Å². The zero-order valence-corrected chi connectivity index (χ0v) is 38.6. The summed E-state index contributed by atoms with van der Waals surface area (Å²) in [7, 11) is -6.53. The summed E-state index contributed by atoms with van der Waals surface area (Å²) in [5, 5.41) is 0. The number of hydrogen-bond donors (Lipinski definition) is 0. The van der Waals surface area contributed by atoms with E-state index in [9.17, 15) is 21.4 Å². The SMILES string of the molecule is CCCCCN1C(=CC=C2CC/C(=C\C=C3\N(CCCCS(=O)(=O)[O-])c4ccccc4C3(C)C)C2=[N+](C)S(=O)(=O)c2ccc(C)cc2)C(C)(C)c2ccccc21.[Na+]. The average molecular weight is 819 g/mol. The third-order valence-corrected chi connectivity index (χ3v) is 14.3. The maximum Gasteiger partial charge on any atom is 1.00 e. The van der Waals surface area contributed by atoms with Crippen molar-refractivity contribution in [2.24, 2.45) is 0 Å². The first-order valence-electron chi connectivity index (χ1n) is 19.9. The van der Waals surface area contributed by atoms with Crippen molar-refractivity contribution in [2.45, 2.75) is 102 Å². The van der Waals surface area contributed by atoms with E-state index in [4.69, 9.17) is 0 Å². The van der Waals surface area contributed by atoms with Crippen LogP contribution in [0.5, 0.6) is 0 Å². The topological polar surface area (TPSA) is 101 Å². The van der Waals surface area contributed by atoms with Crippen LogP contribution < -0.4 is 39.4 Å². The molecule has 0 saturated heterocycles. The van der Waals surface area contributed by atoms with Crippen LogP contribution in [0.25, 0.3) is 0 Å². The summed E-state index contributed by atoms with van der Waals surface area (Å²) in [5.74, 6) is -0.389. The van der Waals surface area contributed by atoms with Crippen LogP contribution in [0.2, 0.25) is 0 Å². The second-order valence-corrected chi connectivity index (χ2v) is 19.9. The summed E-state index contributed by atoms with van der Waals surface area (Å²) in [6.07, 6.45) is 14.1. The van der Waals surface area contributed by atoms with E-state index in [0.29, 0.717) is 31.5 Å². The summed E-state index contributed by atoms with van der Waals surface area (Å²) in [4.78, 5) is 4.92. The summed E-state index contributed by atoms with van der Waals surface area (Å²) in [5.41, 5.74) is 9.95. The molecule has 0 unspecified atom stereocenters. The molecule has 1 aliphatic carbocycles. The number of sulfonamides is 1. The van der Waals surface area contributed by atoms with Gasteiger partial charge in [0.2, 0.25) is 5.71 Å². The fourth-order valence-electron chi connectivity index (χ4n) is 8.62. The van der Waals surface area contributed by atoms with Crippen LogP contribution in [-0.4, -0.2) is 57.0 Å². The van der Waals surface area contributed by atoms with Gasteiger partial charge in [-0.25, -0.2) is 8.42 Å². The number of anilines is 2. The minimum absolute atomic E-state index is 0. The molecule has 2 aliphatic heterocycles. The first-order chi connectivity index (χ1) is 26.5. The number of fused-ring (bicyclic) bond motifs is 2. The summed E-state index contributed by atoms with van der Waals surface area (Å²) < 4.78 is 64.2. The van der Waals surface area contributed by atoms with Gasteiger partial charge in [0.15, 0.2) is 7.05 Å². The molecule has 0 bridgehead atoms. The summed E-state index contributed by atoms with van der Waals surface area (Å²) >= 11 is 0. The first kappa shape index (κ1) is 44.8. The minimum atomic E-state index is -4.29. The molecule has 0 spiro atoms. The normalized spacial score (nSPS) is 21.1. The molecule has 3 aromatic rings. The smallest absolute Gasteiger partial charge is 0.748 e. The largest absolute Gasteiger partial charge is 1.00 e. The molecule has 0 amide bonds. The molecule has 3 aromatic carbocycles. The van der Waals surface area contributed by atoms with Crippen molar-refractivity contribution in [3.63, 3.8) is 0 Å². The van der Waals surface area contributed by atoms with Crippen LogP contribution in [0.1, 0.15) is 96.3 Å². The van der Waals surface area contributed by atoms with E-state index in [1.165, 1.54) is 20.9 Å². The third-order valence-electron chi connectivity index (χ3n) is 11.8. The van der Waals surface area contributed by atoms with Crippen molar-refractivity contribution in [1.82, 2.24) is 0 Å². The van der Waals surface area contributed by atoms with Gasteiger partial charge in [0.25, 0.3) is 0 Å². The Hall–Kier alpha value is -3.25. The number of unbranched alkanes of at least 4 members (excludes halogenated alkanes) is 3. The number of rotatable bonds is 13. The van der Waals surface area contributed by atoms with E-state index in [1.807, 2.05) is 31.2 Å². The molecule has 0 N–H and O–H groups in total.